The lowest BCUT2D eigenvalue weighted by atomic mass is 9.95. The Morgan fingerprint density at radius 3 is 2.70 bits per heavy atom. The van der Waals surface area contributed by atoms with Crippen molar-refractivity contribution in [3.05, 3.63) is 40.7 Å². The first-order valence-corrected chi connectivity index (χ1v) is 7.78. The van der Waals surface area contributed by atoms with Gasteiger partial charge in [-0.2, -0.15) is 0 Å². The van der Waals surface area contributed by atoms with Crippen LogP contribution in [0.2, 0.25) is 0 Å². The number of Topliss-reactive ketones (excluding diaryl/α,β-unsaturated/α-hetero) is 1. The number of rotatable bonds is 6. The van der Waals surface area contributed by atoms with Crippen molar-refractivity contribution in [3.8, 4) is 11.3 Å². The molecule has 0 amide bonds. The summed E-state index contributed by atoms with van der Waals surface area (Å²) < 4.78 is 0. The van der Waals surface area contributed by atoms with E-state index < -0.39 is 0 Å². The summed E-state index contributed by atoms with van der Waals surface area (Å²) in [5, 5.41) is 2.83. The zero-order valence-corrected chi connectivity index (χ0v) is 12.7. The van der Waals surface area contributed by atoms with Crippen LogP contribution in [0.5, 0.6) is 0 Å². The zero-order chi connectivity index (χ0) is 14.5. The van der Waals surface area contributed by atoms with E-state index in [2.05, 4.69) is 11.9 Å². The lowest BCUT2D eigenvalue weighted by Gasteiger charge is -2.16. The summed E-state index contributed by atoms with van der Waals surface area (Å²) in [5.74, 6) is 0.296. The third-order valence-electron chi connectivity index (χ3n) is 3.58. The van der Waals surface area contributed by atoms with Gasteiger partial charge in [-0.1, -0.05) is 50.6 Å². The Hall–Kier alpha value is -1.52. The Morgan fingerprint density at radius 1 is 1.35 bits per heavy atom. The van der Waals surface area contributed by atoms with Gasteiger partial charge in [0.15, 0.2) is 5.78 Å². The normalized spacial score (nSPS) is 13.9. The molecule has 0 radical (unpaired) electrons. The van der Waals surface area contributed by atoms with Crippen molar-refractivity contribution in [2.45, 2.75) is 32.7 Å². The van der Waals surface area contributed by atoms with E-state index in [0.29, 0.717) is 6.42 Å². The molecule has 2 unspecified atom stereocenters. The first kappa shape index (κ1) is 14.9. The van der Waals surface area contributed by atoms with Gasteiger partial charge in [0.05, 0.1) is 18.2 Å². The highest BCUT2D eigenvalue weighted by molar-refractivity contribution is 7.10. The Balaban J connectivity index is 2.05. The Morgan fingerprint density at radius 2 is 2.05 bits per heavy atom. The zero-order valence-electron chi connectivity index (χ0n) is 11.9. The molecular weight excluding hydrogens is 268 g/mol. The van der Waals surface area contributed by atoms with Gasteiger partial charge >= 0.3 is 0 Å². The minimum atomic E-state index is -0.385. The van der Waals surface area contributed by atoms with Gasteiger partial charge in [-0.05, 0) is 5.92 Å². The minimum absolute atomic E-state index is 0.0771. The van der Waals surface area contributed by atoms with E-state index in [1.54, 1.807) is 0 Å². The van der Waals surface area contributed by atoms with Crippen LogP contribution < -0.4 is 5.73 Å². The average molecular weight is 288 g/mol. The van der Waals surface area contributed by atoms with Gasteiger partial charge in [-0.3, -0.25) is 4.79 Å². The van der Waals surface area contributed by atoms with Gasteiger partial charge in [0, 0.05) is 10.9 Å². The standard InChI is InChI=1S/C16H20N2OS/c1-3-11(2)16(17)14(19)9-15-18-13(10-20-15)12-7-5-4-6-8-12/h4-8,10-11,16H,3,9,17H2,1-2H3. The third kappa shape index (κ3) is 3.52. The summed E-state index contributed by atoms with van der Waals surface area (Å²) in [6.07, 6.45) is 1.25. The number of carbonyl (C=O) groups is 1. The number of nitrogens with zero attached hydrogens (tertiary/aromatic N) is 1. The molecule has 3 nitrogen and oxygen atoms in total. The summed E-state index contributed by atoms with van der Waals surface area (Å²) in [4.78, 5) is 16.6. The van der Waals surface area contributed by atoms with Crippen LogP contribution in [0.15, 0.2) is 35.7 Å². The molecule has 0 aliphatic heterocycles. The molecular formula is C16H20N2OS. The van der Waals surface area contributed by atoms with Crippen LogP contribution in [0.4, 0.5) is 0 Å². The smallest absolute Gasteiger partial charge is 0.156 e. The summed E-state index contributed by atoms with van der Waals surface area (Å²) in [6, 6.07) is 9.60. The molecule has 0 aliphatic rings. The number of aromatic nitrogens is 1. The highest BCUT2D eigenvalue weighted by Crippen LogP contribution is 2.22. The van der Waals surface area contributed by atoms with Crippen LogP contribution in [-0.2, 0) is 11.2 Å². The van der Waals surface area contributed by atoms with Crippen LogP contribution >= 0.6 is 11.3 Å². The van der Waals surface area contributed by atoms with Crippen molar-refractivity contribution >= 4 is 17.1 Å². The topological polar surface area (TPSA) is 56.0 Å². The number of hydrogen-bond donors (Lipinski definition) is 1. The number of hydrogen-bond acceptors (Lipinski definition) is 4. The van der Waals surface area contributed by atoms with Crippen molar-refractivity contribution in [1.82, 2.24) is 4.98 Å². The van der Waals surface area contributed by atoms with E-state index in [9.17, 15) is 4.79 Å². The molecule has 106 valence electrons. The van der Waals surface area contributed by atoms with E-state index in [-0.39, 0.29) is 17.7 Å². The lowest BCUT2D eigenvalue weighted by Crippen LogP contribution is -2.37. The first-order chi connectivity index (χ1) is 9.61. The number of carbonyl (C=O) groups excluding carboxylic acids is 1. The number of ketones is 1. The van der Waals surface area contributed by atoms with E-state index in [0.717, 1.165) is 22.7 Å². The second-order valence-corrected chi connectivity index (χ2v) is 5.99. The molecule has 0 aliphatic carbocycles. The van der Waals surface area contributed by atoms with Crippen LogP contribution in [0.3, 0.4) is 0 Å². The summed E-state index contributed by atoms with van der Waals surface area (Å²) in [7, 11) is 0. The quantitative estimate of drug-likeness (QED) is 0.887. The molecule has 1 aromatic heterocycles. The molecule has 0 spiro atoms. The highest BCUT2D eigenvalue weighted by atomic mass is 32.1. The monoisotopic (exact) mass is 288 g/mol. The van der Waals surface area contributed by atoms with Gasteiger partial charge in [0.2, 0.25) is 0 Å². The molecule has 4 heteroatoms. The fraction of sp³-hybridized carbons (Fsp3) is 0.375. The number of benzene rings is 1. The SMILES string of the molecule is CCC(C)C(N)C(=O)Cc1nc(-c2ccccc2)cs1. The van der Waals surface area contributed by atoms with Crippen LogP contribution in [0.1, 0.15) is 25.3 Å². The average Bonchev–Trinajstić information content (AvgIpc) is 2.95. The molecule has 2 aromatic rings. The maximum atomic E-state index is 12.1. The molecule has 1 aromatic carbocycles. The van der Waals surface area contributed by atoms with Gasteiger partial charge < -0.3 is 5.73 Å². The third-order valence-corrected chi connectivity index (χ3v) is 4.42. The largest absolute Gasteiger partial charge is 0.321 e. The predicted molar refractivity (Wildman–Crippen MR) is 83.7 cm³/mol. The fourth-order valence-corrected chi connectivity index (χ4v) is 2.78. The second kappa shape index (κ2) is 6.77. The second-order valence-electron chi connectivity index (χ2n) is 5.05. The van der Waals surface area contributed by atoms with Crippen LogP contribution in [0.25, 0.3) is 11.3 Å². The summed E-state index contributed by atoms with van der Waals surface area (Å²) >= 11 is 1.52. The van der Waals surface area contributed by atoms with Crippen molar-refractivity contribution in [1.29, 1.82) is 0 Å². The van der Waals surface area contributed by atoms with Crippen molar-refractivity contribution in [2.75, 3.05) is 0 Å². The molecule has 2 atom stereocenters. The van der Waals surface area contributed by atoms with Crippen LogP contribution in [-0.4, -0.2) is 16.8 Å². The Labute approximate surface area is 123 Å². The number of nitrogens with two attached hydrogens (primary N) is 1. The molecule has 0 saturated heterocycles. The van der Waals surface area contributed by atoms with Gasteiger partial charge in [-0.25, -0.2) is 4.98 Å². The summed E-state index contributed by atoms with van der Waals surface area (Å²) in [6.45, 7) is 4.06. The molecule has 0 saturated carbocycles. The molecule has 1 heterocycles. The van der Waals surface area contributed by atoms with Crippen LogP contribution in [0, 0.1) is 5.92 Å². The van der Waals surface area contributed by atoms with Gasteiger partial charge in [-0.15, -0.1) is 11.3 Å². The van der Waals surface area contributed by atoms with Gasteiger partial charge in [0.25, 0.3) is 0 Å². The number of thiazole rings is 1. The first-order valence-electron chi connectivity index (χ1n) is 6.90. The van der Waals surface area contributed by atoms with Crippen molar-refractivity contribution in [3.63, 3.8) is 0 Å². The maximum absolute atomic E-state index is 12.1. The molecule has 2 rings (SSSR count). The summed E-state index contributed by atoms with van der Waals surface area (Å²) in [5.41, 5.74) is 7.97. The predicted octanol–water partition coefficient (Wildman–Crippen LogP) is 3.30. The fourth-order valence-electron chi connectivity index (χ4n) is 1.97. The molecule has 0 bridgehead atoms. The van der Waals surface area contributed by atoms with Gasteiger partial charge in [0.1, 0.15) is 5.01 Å². The molecule has 20 heavy (non-hydrogen) atoms. The van der Waals surface area contributed by atoms with E-state index >= 15 is 0 Å². The Bertz CT molecular complexity index is 565. The van der Waals surface area contributed by atoms with E-state index in [1.807, 2.05) is 42.6 Å². The van der Waals surface area contributed by atoms with E-state index in [4.69, 9.17) is 5.73 Å². The van der Waals surface area contributed by atoms with E-state index in [1.165, 1.54) is 11.3 Å². The maximum Gasteiger partial charge on any atom is 0.156 e. The molecule has 2 N–H and O–H groups in total. The van der Waals surface area contributed by atoms with Crippen molar-refractivity contribution in [2.24, 2.45) is 11.7 Å². The lowest BCUT2D eigenvalue weighted by molar-refractivity contribution is -0.120. The highest BCUT2D eigenvalue weighted by Gasteiger charge is 2.20. The Kier molecular flexibility index (Phi) is 5.04. The molecule has 0 fully saturated rings. The van der Waals surface area contributed by atoms with Crippen molar-refractivity contribution < 1.29 is 4.79 Å². The minimum Gasteiger partial charge on any atom is -0.321 e.